The maximum atomic E-state index is 13.4. The number of carbonyl (C=O) groups excluding carboxylic acids is 1. The molecule has 5 rings (SSSR count). The molecule has 9 heteroatoms. The van der Waals surface area contributed by atoms with Crippen molar-refractivity contribution in [3.8, 4) is 0 Å². The number of nitrogens with zero attached hydrogens (tertiary/aromatic N) is 4. The number of nitrogens with one attached hydrogen (secondary N) is 2. The molecule has 0 spiro atoms. The van der Waals surface area contributed by atoms with Crippen molar-refractivity contribution in [2.24, 2.45) is 11.3 Å². The van der Waals surface area contributed by atoms with Crippen molar-refractivity contribution in [2.75, 3.05) is 39.4 Å². The Morgan fingerprint density at radius 3 is 3.10 bits per heavy atom. The minimum Gasteiger partial charge on any atom is -0.379 e. The van der Waals surface area contributed by atoms with Crippen molar-refractivity contribution in [3.63, 3.8) is 0 Å². The molecule has 1 saturated carbocycles. The summed E-state index contributed by atoms with van der Waals surface area (Å²) in [5.41, 5.74) is 0.586. The zero-order chi connectivity index (χ0) is 19.8. The summed E-state index contributed by atoms with van der Waals surface area (Å²) < 4.78 is 7.33. The number of piperidine rings is 1. The maximum absolute atomic E-state index is 13.4. The van der Waals surface area contributed by atoms with Crippen LogP contribution in [-0.2, 0) is 16.1 Å². The van der Waals surface area contributed by atoms with Gasteiger partial charge in [-0.05, 0) is 45.1 Å². The SMILES string of the molecule is Cc1nn2cc(CNC(=O)[C@@]34CC[C@@H](N5CCOCC5)C[C@H]3CCNC4)nc2s1. The third-order valence-electron chi connectivity index (χ3n) is 7.01. The second-order valence-corrected chi connectivity index (χ2v) is 9.82. The lowest BCUT2D eigenvalue weighted by Gasteiger charge is -2.50. The standard InChI is InChI=1S/C20H30N6O2S/c1-14-24-26-12-16(23-19(26)29-14)11-22-18(27)20-4-2-17(25-6-8-28-9-7-25)10-15(20)3-5-21-13-20/h12,15,17,21H,2-11,13H2,1H3,(H,22,27)/t15-,17-,20-/m1/s1. The van der Waals surface area contributed by atoms with Gasteiger partial charge in [0.2, 0.25) is 10.9 Å². The zero-order valence-electron chi connectivity index (χ0n) is 17.0. The highest BCUT2D eigenvalue weighted by atomic mass is 32.1. The molecule has 3 atom stereocenters. The van der Waals surface area contributed by atoms with Gasteiger partial charge >= 0.3 is 0 Å². The van der Waals surface area contributed by atoms with Crippen LogP contribution in [0.4, 0.5) is 0 Å². The van der Waals surface area contributed by atoms with Crippen LogP contribution in [0.3, 0.4) is 0 Å². The monoisotopic (exact) mass is 418 g/mol. The Labute approximate surface area is 175 Å². The lowest BCUT2D eigenvalue weighted by atomic mass is 9.61. The number of aryl methyl sites for hydroxylation is 1. The van der Waals surface area contributed by atoms with Gasteiger partial charge in [-0.2, -0.15) is 5.10 Å². The van der Waals surface area contributed by atoms with Crippen LogP contribution in [0, 0.1) is 18.3 Å². The largest absolute Gasteiger partial charge is 0.379 e. The van der Waals surface area contributed by atoms with E-state index in [9.17, 15) is 4.79 Å². The number of fused-ring (bicyclic) bond motifs is 2. The molecule has 0 radical (unpaired) electrons. The van der Waals surface area contributed by atoms with Crippen molar-refractivity contribution in [1.29, 1.82) is 0 Å². The highest BCUT2D eigenvalue weighted by Crippen LogP contribution is 2.46. The number of imidazole rings is 1. The van der Waals surface area contributed by atoms with E-state index in [1.807, 2.05) is 13.1 Å². The van der Waals surface area contributed by atoms with Crippen LogP contribution in [-0.4, -0.2) is 70.8 Å². The summed E-state index contributed by atoms with van der Waals surface area (Å²) in [6, 6.07) is 0.595. The molecule has 2 saturated heterocycles. The fourth-order valence-electron chi connectivity index (χ4n) is 5.45. The Bertz CT molecular complexity index is 844. The smallest absolute Gasteiger partial charge is 0.228 e. The second-order valence-electron chi connectivity index (χ2n) is 8.66. The number of hydrogen-bond acceptors (Lipinski definition) is 7. The first kappa shape index (κ1) is 19.4. The highest BCUT2D eigenvalue weighted by Gasteiger charge is 2.50. The summed E-state index contributed by atoms with van der Waals surface area (Å²) >= 11 is 1.57. The second kappa shape index (κ2) is 7.94. The molecule has 2 N–H and O–H groups in total. The molecule has 4 heterocycles. The molecule has 1 aliphatic carbocycles. The summed E-state index contributed by atoms with van der Waals surface area (Å²) in [6.45, 7) is 7.98. The number of aromatic nitrogens is 3. The van der Waals surface area contributed by atoms with E-state index in [2.05, 4.69) is 25.6 Å². The Hall–Kier alpha value is -1.55. The van der Waals surface area contributed by atoms with Gasteiger partial charge < -0.3 is 15.4 Å². The van der Waals surface area contributed by atoms with E-state index >= 15 is 0 Å². The lowest BCUT2D eigenvalue weighted by molar-refractivity contribution is -0.140. The molecular weight excluding hydrogens is 388 g/mol. The number of ether oxygens (including phenoxy) is 1. The van der Waals surface area contributed by atoms with Gasteiger partial charge in [-0.1, -0.05) is 11.3 Å². The van der Waals surface area contributed by atoms with Gasteiger partial charge in [0.05, 0.1) is 37.1 Å². The summed E-state index contributed by atoms with van der Waals surface area (Å²) in [7, 11) is 0. The zero-order valence-corrected chi connectivity index (χ0v) is 17.8. The van der Waals surface area contributed by atoms with Gasteiger partial charge in [0.25, 0.3) is 0 Å². The molecule has 1 amide bonds. The average molecular weight is 419 g/mol. The Morgan fingerprint density at radius 2 is 2.28 bits per heavy atom. The van der Waals surface area contributed by atoms with Crippen molar-refractivity contribution in [3.05, 3.63) is 16.9 Å². The predicted octanol–water partition coefficient (Wildman–Crippen LogP) is 1.20. The molecule has 0 bridgehead atoms. The van der Waals surface area contributed by atoms with E-state index in [-0.39, 0.29) is 11.3 Å². The third kappa shape index (κ3) is 3.69. The molecule has 3 fully saturated rings. The first-order valence-electron chi connectivity index (χ1n) is 10.8. The van der Waals surface area contributed by atoms with Gasteiger partial charge in [-0.25, -0.2) is 9.50 Å². The molecule has 2 aromatic heterocycles. The lowest BCUT2D eigenvalue weighted by Crippen LogP contribution is -2.60. The Kier molecular flexibility index (Phi) is 5.32. The fourth-order valence-corrected chi connectivity index (χ4v) is 6.19. The van der Waals surface area contributed by atoms with Crippen LogP contribution in [0.5, 0.6) is 0 Å². The minimum absolute atomic E-state index is 0.190. The van der Waals surface area contributed by atoms with Crippen LogP contribution in [0.15, 0.2) is 6.20 Å². The Morgan fingerprint density at radius 1 is 1.41 bits per heavy atom. The molecule has 0 unspecified atom stereocenters. The molecule has 158 valence electrons. The highest BCUT2D eigenvalue weighted by molar-refractivity contribution is 7.16. The van der Waals surface area contributed by atoms with Crippen LogP contribution < -0.4 is 10.6 Å². The van der Waals surface area contributed by atoms with Crippen molar-refractivity contribution in [1.82, 2.24) is 30.1 Å². The predicted molar refractivity (Wildman–Crippen MR) is 111 cm³/mol. The number of amides is 1. The van der Waals surface area contributed by atoms with Crippen molar-refractivity contribution in [2.45, 2.75) is 45.2 Å². The van der Waals surface area contributed by atoms with E-state index in [4.69, 9.17) is 4.74 Å². The number of carbonyl (C=O) groups is 1. The number of morpholine rings is 1. The average Bonchev–Trinajstić information content (AvgIpc) is 3.29. The molecular formula is C20H30N6O2S. The van der Waals surface area contributed by atoms with E-state index in [1.54, 1.807) is 15.9 Å². The molecule has 3 aliphatic rings. The number of rotatable bonds is 4. The maximum Gasteiger partial charge on any atom is 0.228 e. The van der Waals surface area contributed by atoms with Crippen molar-refractivity contribution < 1.29 is 9.53 Å². The minimum atomic E-state index is -0.285. The van der Waals surface area contributed by atoms with E-state index < -0.39 is 0 Å². The normalized spacial score (nSPS) is 30.9. The van der Waals surface area contributed by atoms with E-state index in [0.717, 1.165) is 80.7 Å². The van der Waals surface area contributed by atoms with E-state index in [0.29, 0.717) is 18.5 Å². The quantitative estimate of drug-likeness (QED) is 0.776. The van der Waals surface area contributed by atoms with Gasteiger partial charge in [-0.3, -0.25) is 9.69 Å². The van der Waals surface area contributed by atoms with Crippen LogP contribution >= 0.6 is 11.3 Å². The fraction of sp³-hybridized carbons (Fsp3) is 0.750. The first-order valence-corrected chi connectivity index (χ1v) is 11.6. The molecule has 29 heavy (non-hydrogen) atoms. The summed E-state index contributed by atoms with van der Waals surface area (Å²) in [6.07, 6.45) is 6.17. The van der Waals surface area contributed by atoms with E-state index in [1.165, 1.54) is 0 Å². The van der Waals surface area contributed by atoms with Crippen LogP contribution in [0.25, 0.3) is 4.96 Å². The molecule has 2 aromatic rings. The molecule has 2 aliphatic heterocycles. The molecule has 0 aromatic carbocycles. The first-order chi connectivity index (χ1) is 14.1. The third-order valence-corrected chi connectivity index (χ3v) is 7.85. The molecule has 8 nitrogen and oxygen atoms in total. The van der Waals surface area contributed by atoms with Crippen LogP contribution in [0.2, 0.25) is 0 Å². The van der Waals surface area contributed by atoms with Gasteiger partial charge in [0.15, 0.2) is 0 Å². The number of hydrogen-bond donors (Lipinski definition) is 2. The summed E-state index contributed by atoms with van der Waals surface area (Å²) in [4.78, 5) is 21.4. The summed E-state index contributed by atoms with van der Waals surface area (Å²) in [5, 5.41) is 12.1. The summed E-state index contributed by atoms with van der Waals surface area (Å²) in [5.74, 6) is 0.635. The van der Waals surface area contributed by atoms with Crippen molar-refractivity contribution >= 4 is 22.2 Å². The Balaban J connectivity index is 1.26. The topological polar surface area (TPSA) is 83.8 Å². The van der Waals surface area contributed by atoms with Gasteiger partial charge in [0.1, 0.15) is 5.01 Å². The van der Waals surface area contributed by atoms with Gasteiger partial charge in [-0.15, -0.1) is 0 Å². The van der Waals surface area contributed by atoms with Gasteiger partial charge in [0, 0.05) is 25.7 Å². The van der Waals surface area contributed by atoms with Crippen LogP contribution in [0.1, 0.15) is 36.4 Å².